The molecule has 0 aliphatic carbocycles. The van der Waals surface area contributed by atoms with Crippen LogP contribution in [0, 0.1) is 12.7 Å². The zero-order valence-corrected chi connectivity index (χ0v) is 17.9. The highest BCUT2D eigenvalue weighted by atomic mass is 32.2. The van der Waals surface area contributed by atoms with Crippen molar-refractivity contribution in [3.63, 3.8) is 0 Å². The molecule has 2 heterocycles. The van der Waals surface area contributed by atoms with E-state index in [1.54, 1.807) is 6.07 Å². The average Bonchev–Trinajstić information content (AvgIpc) is 3.19. The number of aliphatic imine (C=N–C) groups is 1. The Morgan fingerprint density at radius 3 is 2.82 bits per heavy atom. The van der Waals surface area contributed by atoms with Crippen LogP contribution in [0.3, 0.4) is 0 Å². The molecule has 2 aliphatic heterocycles. The van der Waals surface area contributed by atoms with E-state index in [0.29, 0.717) is 0 Å². The number of guanidine groups is 1. The summed E-state index contributed by atoms with van der Waals surface area (Å²) in [7, 11) is 0. The van der Waals surface area contributed by atoms with E-state index in [9.17, 15) is 4.39 Å². The second-order valence-corrected chi connectivity index (χ2v) is 8.67. The number of thioether (sulfide) groups is 1. The van der Waals surface area contributed by atoms with Gasteiger partial charge in [0.05, 0.1) is 25.3 Å². The summed E-state index contributed by atoms with van der Waals surface area (Å²) >= 11 is 2.03. The molecule has 1 aromatic rings. The lowest BCUT2D eigenvalue weighted by atomic mass is 9.96. The maximum atomic E-state index is 13.3. The highest BCUT2D eigenvalue weighted by Gasteiger charge is 2.40. The van der Waals surface area contributed by atoms with Gasteiger partial charge < -0.3 is 15.4 Å². The van der Waals surface area contributed by atoms with Crippen molar-refractivity contribution < 1.29 is 9.13 Å². The minimum Gasteiger partial charge on any atom is -0.379 e. The van der Waals surface area contributed by atoms with Gasteiger partial charge in [0.15, 0.2) is 5.96 Å². The van der Waals surface area contributed by atoms with E-state index in [4.69, 9.17) is 9.73 Å². The van der Waals surface area contributed by atoms with Crippen molar-refractivity contribution >= 4 is 17.7 Å². The van der Waals surface area contributed by atoms with Crippen LogP contribution in [0.5, 0.6) is 0 Å². The maximum absolute atomic E-state index is 13.3. The quantitative estimate of drug-likeness (QED) is 0.536. The molecule has 0 bridgehead atoms. The van der Waals surface area contributed by atoms with Crippen molar-refractivity contribution in [2.75, 3.05) is 57.4 Å². The summed E-state index contributed by atoms with van der Waals surface area (Å²) in [4.78, 5) is 7.54. The van der Waals surface area contributed by atoms with Crippen LogP contribution in [-0.4, -0.2) is 73.8 Å². The second-order valence-electron chi connectivity index (χ2n) is 7.57. The lowest BCUT2D eigenvalue weighted by molar-refractivity contribution is -0.0104. The monoisotopic (exact) mass is 408 g/mol. The lowest BCUT2D eigenvalue weighted by Crippen LogP contribution is -2.56. The molecule has 0 amide bonds. The highest BCUT2D eigenvalue weighted by molar-refractivity contribution is 7.99. The summed E-state index contributed by atoms with van der Waals surface area (Å²) in [6.45, 7) is 10.1. The molecular weight excluding hydrogens is 375 g/mol. The third kappa shape index (κ3) is 5.61. The topological polar surface area (TPSA) is 48.9 Å². The van der Waals surface area contributed by atoms with Crippen LogP contribution in [0.25, 0.3) is 0 Å². The number of aryl methyl sites for hydroxylation is 1. The molecule has 2 N–H and O–H groups in total. The van der Waals surface area contributed by atoms with Crippen LogP contribution >= 0.6 is 11.8 Å². The van der Waals surface area contributed by atoms with Crippen molar-refractivity contribution in [2.24, 2.45) is 4.99 Å². The van der Waals surface area contributed by atoms with Gasteiger partial charge in [0, 0.05) is 31.9 Å². The molecule has 2 fully saturated rings. The fraction of sp³-hybridized carbons (Fsp3) is 0.667. The summed E-state index contributed by atoms with van der Waals surface area (Å²) in [6, 6.07) is 5.00. The van der Waals surface area contributed by atoms with Crippen molar-refractivity contribution in [3.05, 3.63) is 35.1 Å². The zero-order valence-electron chi connectivity index (χ0n) is 17.1. The van der Waals surface area contributed by atoms with Gasteiger partial charge in [-0.2, -0.15) is 11.8 Å². The van der Waals surface area contributed by atoms with Gasteiger partial charge >= 0.3 is 0 Å². The minimum atomic E-state index is -0.174. The largest absolute Gasteiger partial charge is 0.379 e. The molecule has 5 nitrogen and oxygen atoms in total. The first-order chi connectivity index (χ1) is 13.6. The standard InChI is InChI=1S/C21H33FN4OS/c1-3-23-20(24-8-6-18-4-5-19(22)14-17(18)2)25-15-21(7-13-28-16-21)26-9-11-27-12-10-26/h4-5,14H,3,6-13,15-16H2,1-2H3,(H2,23,24,25). The molecule has 0 saturated carbocycles. The van der Waals surface area contributed by atoms with Gasteiger partial charge in [-0.15, -0.1) is 0 Å². The molecular formula is C21H33FN4OS. The molecule has 3 rings (SSSR count). The van der Waals surface area contributed by atoms with E-state index in [-0.39, 0.29) is 11.4 Å². The van der Waals surface area contributed by atoms with E-state index in [1.165, 1.54) is 23.8 Å². The Kier molecular flexibility index (Phi) is 8.00. The Morgan fingerprint density at radius 2 is 2.14 bits per heavy atom. The number of halogens is 1. The summed E-state index contributed by atoms with van der Waals surface area (Å²) < 4.78 is 18.8. The molecule has 2 saturated heterocycles. The van der Waals surface area contributed by atoms with E-state index < -0.39 is 0 Å². The molecule has 156 valence electrons. The molecule has 1 aromatic carbocycles. The molecule has 1 atom stereocenters. The molecule has 0 radical (unpaired) electrons. The normalized spacial score (nSPS) is 23.8. The number of rotatable bonds is 7. The number of nitrogens with one attached hydrogen (secondary N) is 2. The van der Waals surface area contributed by atoms with Crippen molar-refractivity contribution in [3.8, 4) is 0 Å². The first-order valence-electron chi connectivity index (χ1n) is 10.3. The SMILES string of the molecule is CCNC(=NCC1(N2CCOCC2)CCSC1)NCCc1ccc(F)cc1C. The van der Waals surface area contributed by atoms with Gasteiger partial charge in [-0.3, -0.25) is 9.89 Å². The Morgan fingerprint density at radius 1 is 1.32 bits per heavy atom. The van der Waals surface area contributed by atoms with Crippen LogP contribution in [0.1, 0.15) is 24.5 Å². The van der Waals surface area contributed by atoms with Crippen LogP contribution in [0.15, 0.2) is 23.2 Å². The van der Waals surface area contributed by atoms with Crippen molar-refractivity contribution in [1.82, 2.24) is 15.5 Å². The Balaban J connectivity index is 1.59. The Bertz CT molecular complexity index is 658. The number of benzene rings is 1. The summed E-state index contributed by atoms with van der Waals surface area (Å²) in [5.41, 5.74) is 2.32. The number of ether oxygens (including phenoxy) is 1. The summed E-state index contributed by atoms with van der Waals surface area (Å²) in [5.74, 6) is 3.05. The van der Waals surface area contributed by atoms with Crippen LogP contribution in [0.2, 0.25) is 0 Å². The fourth-order valence-electron chi connectivity index (χ4n) is 3.93. The first kappa shape index (κ1) is 21.4. The van der Waals surface area contributed by atoms with Gasteiger partial charge in [0.1, 0.15) is 5.82 Å². The van der Waals surface area contributed by atoms with Crippen LogP contribution < -0.4 is 10.6 Å². The second kappa shape index (κ2) is 10.5. The summed E-state index contributed by atoms with van der Waals surface area (Å²) in [6.07, 6.45) is 2.04. The molecule has 28 heavy (non-hydrogen) atoms. The first-order valence-corrected chi connectivity index (χ1v) is 11.5. The zero-order chi connectivity index (χ0) is 19.8. The van der Waals surface area contributed by atoms with E-state index in [2.05, 4.69) is 22.5 Å². The van der Waals surface area contributed by atoms with Gasteiger partial charge in [-0.25, -0.2) is 4.39 Å². The third-order valence-corrected chi connectivity index (χ3v) is 6.87. The van der Waals surface area contributed by atoms with Crippen molar-refractivity contribution in [2.45, 2.75) is 32.2 Å². The highest BCUT2D eigenvalue weighted by Crippen LogP contribution is 2.34. The third-order valence-electron chi connectivity index (χ3n) is 5.63. The maximum Gasteiger partial charge on any atom is 0.191 e. The Labute approximate surface area is 172 Å². The van der Waals surface area contributed by atoms with Gasteiger partial charge in [0.2, 0.25) is 0 Å². The molecule has 2 aliphatic rings. The fourth-order valence-corrected chi connectivity index (χ4v) is 5.40. The van der Waals surface area contributed by atoms with Gasteiger partial charge in [0.25, 0.3) is 0 Å². The van der Waals surface area contributed by atoms with Crippen molar-refractivity contribution in [1.29, 1.82) is 0 Å². The number of hydrogen-bond donors (Lipinski definition) is 2. The van der Waals surface area contributed by atoms with Gasteiger partial charge in [-0.1, -0.05) is 6.07 Å². The molecule has 0 aromatic heterocycles. The predicted octanol–water partition coefficient (Wildman–Crippen LogP) is 2.44. The van der Waals surface area contributed by atoms with E-state index >= 15 is 0 Å². The average molecular weight is 409 g/mol. The minimum absolute atomic E-state index is 0.157. The van der Waals surface area contributed by atoms with Gasteiger partial charge in [-0.05, 0) is 55.7 Å². The number of hydrogen-bond acceptors (Lipinski definition) is 4. The van der Waals surface area contributed by atoms with E-state index in [1.807, 2.05) is 24.8 Å². The summed E-state index contributed by atoms with van der Waals surface area (Å²) in [5, 5.41) is 6.82. The number of nitrogens with zero attached hydrogens (tertiary/aromatic N) is 2. The molecule has 1 unspecified atom stereocenters. The predicted molar refractivity (Wildman–Crippen MR) is 116 cm³/mol. The molecule has 0 spiro atoms. The lowest BCUT2D eigenvalue weighted by Gasteiger charge is -2.42. The van der Waals surface area contributed by atoms with Crippen LogP contribution in [-0.2, 0) is 11.2 Å². The van der Waals surface area contributed by atoms with E-state index in [0.717, 1.165) is 69.6 Å². The van der Waals surface area contributed by atoms with Crippen LogP contribution in [0.4, 0.5) is 4.39 Å². The Hall–Kier alpha value is -1.31. The number of morpholine rings is 1. The smallest absolute Gasteiger partial charge is 0.191 e. The molecule has 7 heteroatoms.